The molecule has 3 N–H and O–H groups in total. The Morgan fingerprint density at radius 3 is 2.63 bits per heavy atom. The fraction of sp³-hybridized carbons (Fsp3) is 0.0385. The molecule has 0 unspecified atom stereocenters. The van der Waals surface area contributed by atoms with E-state index in [0.29, 0.717) is 23.5 Å². The number of ether oxygens (including phenoxy) is 1. The molecule has 0 aliphatic carbocycles. The monoisotopic (exact) mass is 460 g/mol. The maximum absolute atomic E-state index is 6.35. The number of fused-ring (bicyclic) bond motifs is 2. The quantitative estimate of drug-likeness (QED) is 0.297. The molecule has 0 aliphatic rings. The Bertz CT molecular complexity index is 1630. The largest absolute Gasteiger partial charge is 0.438 e. The third kappa shape index (κ3) is 3.95. The van der Waals surface area contributed by atoms with Gasteiger partial charge < -0.3 is 20.4 Å². The molecule has 0 saturated carbocycles. The number of hydrogen-bond donors (Lipinski definition) is 3. The second-order valence-electron chi connectivity index (χ2n) is 7.73. The lowest BCUT2D eigenvalue weighted by atomic mass is 10.1. The van der Waals surface area contributed by atoms with Crippen molar-refractivity contribution in [2.75, 3.05) is 17.7 Å². The van der Waals surface area contributed by atoms with Gasteiger partial charge in [0.1, 0.15) is 5.75 Å². The SMILES string of the molecule is CNc1nccc(-c2cccnc2Oc2ccc(Nc3nc4ccncc4[nH]3)c3ccccc23)n1. The first-order chi connectivity index (χ1) is 17.3. The summed E-state index contributed by atoms with van der Waals surface area (Å²) in [6.45, 7) is 0. The van der Waals surface area contributed by atoms with E-state index in [1.54, 1.807) is 31.8 Å². The number of aromatic amines is 1. The molecular weight excluding hydrogens is 440 g/mol. The summed E-state index contributed by atoms with van der Waals surface area (Å²) in [6, 6.07) is 19.4. The number of hydrogen-bond acceptors (Lipinski definition) is 8. The third-order valence-electron chi connectivity index (χ3n) is 5.55. The summed E-state index contributed by atoms with van der Waals surface area (Å²) in [5.74, 6) is 2.31. The molecule has 9 heteroatoms. The smallest absolute Gasteiger partial charge is 0.228 e. The van der Waals surface area contributed by atoms with Gasteiger partial charge in [0.05, 0.1) is 28.5 Å². The van der Waals surface area contributed by atoms with Crippen LogP contribution < -0.4 is 15.4 Å². The van der Waals surface area contributed by atoms with Crippen LogP contribution in [-0.2, 0) is 0 Å². The molecule has 0 spiro atoms. The van der Waals surface area contributed by atoms with E-state index in [9.17, 15) is 0 Å². The van der Waals surface area contributed by atoms with E-state index in [1.807, 2.05) is 60.7 Å². The number of imidazole rings is 1. The first kappa shape index (κ1) is 20.5. The van der Waals surface area contributed by atoms with Gasteiger partial charge >= 0.3 is 0 Å². The molecule has 35 heavy (non-hydrogen) atoms. The van der Waals surface area contributed by atoms with E-state index in [2.05, 4.69) is 40.5 Å². The molecular formula is C26H20N8O. The number of benzene rings is 2. The van der Waals surface area contributed by atoms with Crippen molar-refractivity contribution in [1.29, 1.82) is 0 Å². The Morgan fingerprint density at radius 1 is 0.829 bits per heavy atom. The summed E-state index contributed by atoms with van der Waals surface area (Å²) in [5.41, 5.74) is 4.10. The lowest BCUT2D eigenvalue weighted by Gasteiger charge is -2.14. The first-order valence-electron chi connectivity index (χ1n) is 11.0. The number of pyridine rings is 2. The minimum Gasteiger partial charge on any atom is -0.438 e. The van der Waals surface area contributed by atoms with Crippen molar-refractivity contribution in [2.24, 2.45) is 0 Å². The number of nitrogens with zero attached hydrogens (tertiary/aromatic N) is 5. The molecule has 0 aliphatic heterocycles. The minimum atomic E-state index is 0.462. The van der Waals surface area contributed by atoms with Crippen LogP contribution in [0.4, 0.5) is 17.6 Å². The van der Waals surface area contributed by atoms with Gasteiger partial charge in [-0.3, -0.25) is 4.98 Å². The predicted octanol–water partition coefficient (Wildman–Crippen LogP) is 5.54. The van der Waals surface area contributed by atoms with Crippen molar-refractivity contribution in [3.8, 4) is 22.9 Å². The molecule has 2 aromatic carbocycles. The van der Waals surface area contributed by atoms with Crippen molar-refractivity contribution in [3.05, 3.63) is 85.5 Å². The fourth-order valence-electron chi connectivity index (χ4n) is 3.91. The number of rotatable bonds is 6. The van der Waals surface area contributed by atoms with E-state index in [1.165, 1.54) is 0 Å². The molecule has 4 aromatic heterocycles. The van der Waals surface area contributed by atoms with E-state index < -0.39 is 0 Å². The molecule has 170 valence electrons. The van der Waals surface area contributed by atoms with Crippen LogP contribution >= 0.6 is 0 Å². The Kier molecular flexibility index (Phi) is 5.12. The molecule has 0 bridgehead atoms. The van der Waals surface area contributed by atoms with Crippen molar-refractivity contribution in [2.45, 2.75) is 0 Å². The van der Waals surface area contributed by atoms with Crippen LogP contribution in [0.25, 0.3) is 33.1 Å². The molecule has 0 atom stereocenters. The molecule has 4 heterocycles. The summed E-state index contributed by atoms with van der Waals surface area (Å²) >= 11 is 0. The van der Waals surface area contributed by atoms with Gasteiger partial charge in [-0.15, -0.1) is 0 Å². The van der Waals surface area contributed by atoms with Crippen LogP contribution in [0.15, 0.2) is 85.5 Å². The number of aromatic nitrogens is 6. The normalized spacial score (nSPS) is 11.0. The van der Waals surface area contributed by atoms with Gasteiger partial charge in [0.2, 0.25) is 17.8 Å². The van der Waals surface area contributed by atoms with Crippen LogP contribution in [-0.4, -0.2) is 37.0 Å². The van der Waals surface area contributed by atoms with E-state index in [4.69, 9.17) is 4.74 Å². The number of H-pyrrole nitrogens is 1. The second kappa shape index (κ2) is 8.71. The Balaban J connectivity index is 1.37. The summed E-state index contributed by atoms with van der Waals surface area (Å²) in [4.78, 5) is 25.2. The lowest BCUT2D eigenvalue weighted by Crippen LogP contribution is -1.99. The molecule has 0 saturated heterocycles. The Labute approximate surface area is 200 Å². The standard InChI is InChI=1S/C26H20N8O/c1-27-25-30-14-11-20(31-25)18-7-4-12-29-24(18)35-23-9-8-19(16-5-2-3-6-17(16)23)32-26-33-21-10-13-28-15-22(21)34-26/h2-15H,1H3,(H,27,30,31)(H2,32,33,34). The minimum absolute atomic E-state index is 0.462. The highest BCUT2D eigenvalue weighted by Crippen LogP contribution is 2.37. The van der Waals surface area contributed by atoms with Crippen LogP contribution in [0.2, 0.25) is 0 Å². The Morgan fingerprint density at radius 2 is 1.74 bits per heavy atom. The number of anilines is 3. The summed E-state index contributed by atoms with van der Waals surface area (Å²) < 4.78 is 6.35. The zero-order valence-electron chi connectivity index (χ0n) is 18.7. The molecule has 6 aromatic rings. The molecule has 6 rings (SSSR count). The molecule has 9 nitrogen and oxygen atoms in total. The molecule has 0 fully saturated rings. The van der Waals surface area contributed by atoms with E-state index in [-0.39, 0.29) is 0 Å². The van der Waals surface area contributed by atoms with Gasteiger partial charge in [-0.2, -0.15) is 0 Å². The average molecular weight is 461 g/mol. The second-order valence-corrected chi connectivity index (χ2v) is 7.73. The van der Waals surface area contributed by atoms with Gasteiger partial charge in [0, 0.05) is 42.1 Å². The summed E-state index contributed by atoms with van der Waals surface area (Å²) in [5, 5.41) is 8.27. The van der Waals surface area contributed by atoms with Crippen molar-refractivity contribution in [1.82, 2.24) is 29.9 Å². The average Bonchev–Trinajstić information content (AvgIpc) is 3.33. The zero-order valence-corrected chi connectivity index (χ0v) is 18.7. The van der Waals surface area contributed by atoms with Crippen LogP contribution in [0.5, 0.6) is 11.6 Å². The molecule has 0 radical (unpaired) electrons. The maximum atomic E-state index is 6.35. The highest BCUT2D eigenvalue weighted by molar-refractivity contribution is 5.99. The van der Waals surface area contributed by atoms with Crippen LogP contribution in [0.3, 0.4) is 0 Å². The topological polar surface area (TPSA) is 114 Å². The lowest BCUT2D eigenvalue weighted by molar-refractivity contribution is 0.470. The highest BCUT2D eigenvalue weighted by Gasteiger charge is 2.14. The van der Waals surface area contributed by atoms with E-state index >= 15 is 0 Å². The third-order valence-corrected chi connectivity index (χ3v) is 5.55. The van der Waals surface area contributed by atoms with Crippen molar-refractivity contribution < 1.29 is 4.74 Å². The van der Waals surface area contributed by atoms with Crippen molar-refractivity contribution >= 4 is 39.4 Å². The first-order valence-corrected chi connectivity index (χ1v) is 11.0. The van der Waals surface area contributed by atoms with Gasteiger partial charge in [0.25, 0.3) is 0 Å². The number of nitrogens with one attached hydrogen (secondary N) is 3. The van der Waals surface area contributed by atoms with Gasteiger partial charge in [0.15, 0.2) is 0 Å². The van der Waals surface area contributed by atoms with Gasteiger partial charge in [-0.25, -0.2) is 19.9 Å². The highest BCUT2D eigenvalue weighted by atomic mass is 16.5. The van der Waals surface area contributed by atoms with Gasteiger partial charge in [-0.1, -0.05) is 24.3 Å². The Hall–Kier alpha value is -5.05. The van der Waals surface area contributed by atoms with Crippen LogP contribution in [0.1, 0.15) is 0 Å². The van der Waals surface area contributed by atoms with Gasteiger partial charge in [-0.05, 0) is 36.4 Å². The molecule has 0 amide bonds. The summed E-state index contributed by atoms with van der Waals surface area (Å²) in [6.07, 6.45) is 6.88. The fourth-order valence-corrected chi connectivity index (χ4v) is 3.91. The van der Waals surface area contributed by atoms with Crippen molar-refractivity contribution in [3.63, 3.8) is 0 Å². The van der Waals surface area contributed by atoms with Crippen LogP contribution in [0, 0.1) is 0 Å². The maximum Gasteiger partial charge on any atom is 0.228 e. The van der Waals surface area contributed by atoms with E-state index in [0.717, 1.165) is 38.8 Å². The predicted molar refractivity (Wildman–Crippen MR) is 136 cm³/mol. The summed E-state index contributed by atoms with van der Waals surface area (Å²) in [7, 11) is 1.78. The zero-order chi connectivity index (χ0) is 23.6.